The predicted molar refractivity (Wildman–Crippen MR) is 57.5 cm³/mol. The van der Waals surface area contributed by atoms with Crippen LogP contribution in [0.3, 0.4) is 0 Å². The fraction of sp³-hybridized carbons (Fsp3) is 0.364. The van der Waals surface area contributed by atoms with E-state index in [1.54, 1.807) is 13.0 Å². The molecule has 1 aromatic rings. The zero-order chi connectivity index (χ0) is 11.4. The molecule has 0 atom stereocenters. The summed E-state index contributed by atoms with van der Waals surface area (Å²) in [5, 5.41) is 0. The smallest absolute Gasteiger partial charge is 0.341 e. The Bertz CT molecular complexity index is 379. The van der Waals surface area contributed by atoms with E-state index in [1.165, 1.54) is 7.11 Å². The lowest BCUT2D eigenvalue weighted by molar-refractivity contribution is 0.0599. The fourth-order valence-electron chi connectivity index (χ4n) is 1.27. The third kappa shape index (κ3) is 2.47. The molecule has 0 unspecified atom stereocenters. The van der Waals surface area contributed by atoms with Gasteiger partial charge in [0.25, 0.3) is 0 Å². The summed E-state index contributed by atoms with van der Waals surface area (Å²) in [6, 6.07) is 1.64. The van der Waals surface area contributed by atoms with Crippen LogP contribution in [0.1, 0.15) is 28.3 Å². The average molecular weight is 209 g/mol. The van der Waals surface area contributed by atoms with Crippen molar-refractivity contribution in [1.82, 2.24) is 0 Å². The monoisotopic (exact) mass is 209 g/mol. The topological polar surface area (TPSA) is 65.5 Å². The van der Waals surface area contributed by atoms with Crippen molar-refractivity contribution >= 4 is 11.5 Å². The Balaban J connectivity index is 2.95. The van der Waals surface area contributed by atoms with E-state index in [-0.39, 0.29) is 0 Å². The molecule has 0 fully saturated rings. The number of hydrogen-bond acceptors (Lipinski definition) is 4. The molecule has 4 heteroatoms. The maximum absolute atomic E-state index is 11.3. The molecule has 0 saturated carbocycles. The number of methoxy groups -OCH3 is 1. The molecule has 0 saturated heterocycles. The summed E-state index contributed by atoms with van der Waals surface area (Å²) < 4.78 is 10.0. The first-order chi connectivity index (χ1) is 7.10. The molecule has 0 amide bonds. The van der Waals surface area contributed by atoms with Gasteiger partial charge in [-0.05, 0) is 31.5 Å². The first-order valence-electron chi connectivity index (χ1n) is 4.67. The quantitative estimate of drug-likeness (QED) is 0.767. The summed E-state index contributed by atoms with van der Waals surface area (Å²) in [4.78, 5) is 11.3. The van der Waals surface area contributed by atoms with E-state index in [1.807, 2.05) is 0 Å². The molecule has 2 N–H and O–H groups in total. The minimum Gasteiger partial charge on any atom is -0.465 e. The number of nitrogens with two attached hydrogens (primary N) is 1. The lowest BCUT2D eigenvalue weighted by Gasteiger charge is -1.97. The van der Waals surface area contributed by atoms with Crippen LogP contribution in [0.15, 0.2) is 17.1 Å². The number of rotatable bonds is 4. The normalized spacial score (nSPS) is 10.1. The molecule has 0 spiro atoms. The van der Waals surface area contributed by atoms with E-state index in [9.17, 15) is 4.79 Å². The first-order valence-corrected chi connectivity index (χ1v) is 4.67. The molecule has 1 aromatic heterocycles. The van der Waals surface area contributed by atoms with Crippen LogP contribution in [-0.2, 0) is 4.74 Å². The van der Waals surface area contributed by atoms with Crippen LogP contribution >= 0.6 is 0 Å². The molecule has 0 radical (unpaired) electrons. The maximum atomic E-state index is 11.3. The van der Waals surface area contributed by atoms with Gasteiger partial charge < -0.3 is 14.9 Å². The van der Waals surface area contributed by atoms with E-state index in [4.69, 9.17) is 10.2 Å². The zero-order valence-electron chi connectivity index (χ0n) is 9.00. The van der Waals surface area contributed by atoms with Gasteiger partial charge in [-0.15, -0.1) is 0 Å². The molecule has 0 aliphatic rings. The number of hydrogen-bond donors (Lipinski definition) is 1. The molecule has 0 aliphatic carbocycles. The van der Waals surface area contributed by atoms with E-state index < -0.39 is 5.97 Å². The van der Waals surface area contributed by atoms with E-state index in [2.05, 4.69) is 11.3 Å². The predicted octanol–water partition coefficient (Wildman–Crippen LogP) is 1.74. The largest absolute Gasteiger partial charge is 0.465 e. The van der Waals surface area contributed by atoms with Gasteiger partial charge in [-0.1, -0.05) is 6.58 Å². The van der Waals surface area contributed by atoms with Crippen molar-refractivity contribution in [2.24, 2.45) is 5.73 Å². The lowest BCUT2D eigenvalue weighted by atomic mass is 10.1. The highest BCUT2D eigenvalue weighted by molar-refractivity contribution is 5.91. The summed E-state index contributed by atoms with van der Waals surface area (Å²) in [6.45, 7) is 6.05. The van der Waals surface area contributed by atoms with Crippen LogP contribution in [-0.4, -0.2) is 19.6 Å². The van der Waals surface area contributed by atoms with Gasteiger partial charge >= 0.3 is 5.97 Å². The first kappa shape index (κ1) is 11.5. The summed E-state index contributed by atoms with van der Waals surface area (Å²) in [7, 11) is 1.34. The molecule has 15 heavy (non-hydrogen) atoms. The van der Waals surface area contributed by atoms with Crippen molar-refractivity contribution in [3.63, 3.8) is 0 Å². The Morgan fingerprint density at radius 2 is 2.33 bits per heavy atom. The molecule has 0 aliphatic heterocycles. The number of esters is 1. The summed E-state index contributed by atoms with van der Waals surface area (Å²) in [5.41, 5.74) is 6.63. The van der Waals surface area contributed by atoms with Crippen LogP contribution in [0.5, 0.6) is 0 Å². The number of carbonyl (C=O) groups is 1. The standard InChI is InChI=1S/C11H15NO3/c1-7(4-5-12)10-6-9(8(2)15-10)11(13)14-3/h6H,1,4-5,12H2,2-3H3. The molecular weight excluding hydrogens is 194 g/mol. The third-order valence-corrected chi connectivity index (χ3v) is 2.12. The van der Waals surface area contributed by atoms with Crippen LogP contribution in [0.4, 0.5) is 0 Å². The maximum Gasteiger partial charge on any atom is 0.341 e. The number of furan rings is 1. The second-order valence-electron chi connectivity index (χ2n) is 3.21. The van der Waals surface area contributed by atoms with E-state index in [0.29, 0.717) is 30.0 Å². The van der Waals surface area contributed by atoms with Gasteiger partial charge in [0.15, 0.2) is 0 Å². The molecule has 4 nitrogen and oxygen atoms in total. The molecule has 0 aromatic carbocycles. The van der Waals surface area contributed by atoms with Gasteiger partial charge in [0.2, 0.25) is 0 Å². The van der Waals surface area contributed by atoms with Crippen LogP contribution in [0.25, 0.3) is 5.57 Å². The summed E-state index contributed by atoms with van der Waals surface area (Å²) >= 11 is 0. The van der Waals surface area contributed by atoms with Crippen molar-refractivity contribution < 1.29 is 13.9 Å². The second kappa shape index (κ2) is 4.79. The van der Waals surface area contributed by atoms with Gasteiger partial charge in [-0.3, -0.25) is 0 Å². The molecule has 1 rings (SSSR count). The van der Waals surface area contributed by atoms with Crippen molar-refractivity contribution in [3.8, 4) is 0 Å². The van der Waals surface area contributed by atoms with Crippen LogP contribution in [0.2, 0.25) is 0 Å². The minimum atomic E-state index is -0.400. The lowest BCUT2D eigenvalue weighted by Crippen LogP contribution is -2.01. The van der Waals surface area contributed by atoms with Crippen LogP contribution < -0.4 is 5.73 Å². The Morgan fingerprint density at radius 3 is 2.87 bits per heavy atom. The minimum absolute atomic E-state index is 0.400. The van der Waals surface area contributed by atoms with Gasteiger partial charge in [-0.25, -0.2) is 4.79 Å². The SMILES string of the molecule is C=C(CCN)c1cc(C(=O)OC)c(C)o1. The van der Waals surface area contributed by atoms with E-state index >= 15 is 0 Å². The second-order valence-corrected chi connectivity index (χ2v) is 3.21. The van der Waals surface area contributed by atoms with Gasteiger partial charge in [-0.2, -0.15) is 0 Å². The molecule has 1 heterocycles. The van der Waals surface area contributed by atoms with Crippen molar-refractivity contribution in [2.75, 3.05) is 13.7 Å². The Hall–Kier alpha value is -1.55. The van der Waals surface area contributed by atoms with Gasteiger partial charge in [0, 0.05) is 0 Å². The molecule has 0 bridgehead atoms. The van der Waals surface area contributed by atoms with Crippen molar-refractivity contribution in [1.29, 1.82) is 0 Å². The summed E-state index contributed by atoms with van der Waals surface area (Å²) in [6.07, 6.45) is 0.646. The summed E-state index contributed by atoms with van der Waals surface area (Å²) in [5.74, 6) is 0.733. The number of aryl methyl sites for hydroxylation is 1. The Morgan fingerprint density at radius 1 is 1.67 bits per heavy atom. The highest BCUT2D eigenvalue weighted by Crippen LogP contribution is 2.22. The average Bonchev–Trinajstić information content (AvgIpc) is 2.60. The van der Waals surface area contributed by atoms with Gasteiger partial charge in [0.05, 0.1) is 7.11 Å². The number of carbonyl (C=O) groups excluding carboxylic acids is 1. The third-order valence-electron chi connectivity index (χ3n) is 2.12. The van der Waals surface area contributed by atoms with E-state index in [0.717, 1.165) is 5.57 Å². The van der Waals surface area contributed by atoms with Gasteiger partial charge in [0.1, 0.15) is 17.1 Å². The zero-order valence-corrected chi connectivity index (χ0v) is 9.00. The molecule has 82 valence electrons. The Kier molecular flexibility index (Phi) is 3.68. The van der Waals surface area contributed by atoms with Crippen molar-refractivity contribution in [3.05, 3.63) is 29.7 Å². The highest BCUT2D eigenvalue weighted by Gasteiger charge is 2.16. The van der Waals surface area contributed by atoms with Crippen molar-refractivity contribution in [2.45, 2.75) is 13.3 Å². The fourth-order valence-corrected chi connectivity index (χ4v) is 1.27. The number of ether oxygens (including phenoxy) is 1. The highest BCUT2D eigenvalue weighted by atomic mass is 16.5. The van der Waals surface area contributed by atoms with Crippen LogP contribution in [0, 0.1) is 6.92 Å². The molecular formula is C11H15NO3. The Labute approximate surface area is 88.7 Å².